The van der Waals surface area contributed by atoms with E-state index in [1.807, 2.05) is 38.1 Å². The molecule has 1 aromatic heterocycles. The summed E-state index contributed by atoms with van der Waals surface area (Å²) in [5, 5.41) is 7.70. The first-order valence-corrected chi connectivity index (χ1v) is 10.5. The zero-order valence-electron chi connectivity index (χ0n) is 18.5. The summed E-state index contributed by atoms with van der Waals surface area (Å²) in [4.78, 5) is 38.9. The minimum atomic E-state index is -1.21. The molecule has 1 amide bonds. The maximum atomic E-state index is 13.3. The van der Waals surface area contributed by atoms with Crippen LogP contribution < -0.4 is 10.9 Å². The number of fused-ring (bicyclic) bond motifs is 1. The van der Waals surface area contributed by atoms with Gasteiger partial charge in [-0.1, -0.05) is 60.7 Å². The van der Waals surface area contributed by atoms with Crippen LogP contribution in [0.15, 0.2) is 77.6 Å². The maximum absolute atomic E-state index is 13.3. The lowest BCUT2D eigenvalue weighted by Crippen LogP contribution is -2.28. The molecule has 0 saturated heterocycles. The highest BCUT2D eigenvalue weighted by molar-refractivity contribution is 6.04. The molecule has 0 aliphatic heterocycles. The standard InChI is InChI=1S/C26H23N3O4/c1-16-13-14-17(2)21(15-16)27-24(30)23(18-9-5-4-6-10-18)33-26(32)22-19-11-7-8-12-20(19)25(31)29(3)28-22/h4-15,23H,1-3H3,(H,27,30). The molecule has 0 radical (unpaired) electrons. The third-order valence-corrected chi connectivity index (χ3v) is 5.37. The summed E-state index contributed by atoms with van der Waals surface area (Å²) in [5.41, 5.74) is 2.68. The zero-order valence-corrected chi connectivity index (χ0v) is 18.5. The van der Waals surface area contributed by atoms with Crippen LogP contribution in [0.3, 0.4) is 0 Å². The molecule has 0 aliphatic carbocycles. The van der Waals surface area contributed by atoms with Gasteiger partial charge in [-0.2, -0.15) is 5.10 Å². The second kappa shape index (κ2) is 9.08. The van der Waals surface area contributed by atoms with E-state index < -0.39 is 18.0 Å². The fourth-order valence-corrected chi connectivity index (χ4v) is 3.58. The lowest BCUT2D eigenvalue weighted by atomic mass is 10.1. The summed E-state index contributed by atoms with van der Waals surface area (Å²) >= 11 is 0. The minimum Gasteiger partial charge on any atom is -0.442 e. The Bertz CT molecular complexity index is 1410. The Morgan fingerprint density at radius 3 is 2.33 bits per heavy atom. The van der Waals surface area contributed by atoms with Gasteiger partial charge in [0.2, 0.25) is 6.10 Å². The Morgan fingerprint density at radius 1 is 0.939 bits per heavy atom. The topological polar surface area (TPSA) is 90.3 Å². The van der Waals surface area contributed by atoms with Gasteiger partial charge in [0.1, 0.15) is 0 Å². The number of carbonyl (C=O) groups excluding carboxylic acids is 2. The third-order valence-electron chi connectivity index (χ3n) is 5.37. The van der Waals surface area contributed by atoms with Crippen LogP contribution in [-0.2, 0) is 16.6 Å². The highest BCUT2D eigenvalue weighted by Gasteiger charge is 2.28. The normalized spacial score (nSPS) is 11.7. The van der Waals surface area contributed by atoms with Crippen molar-refractivity contribution in [3.8, 4) is 0 Å². The molecule has 0 spiro atoms. The Kier molecular flexibility index (Phi) is 6.04. The van der Waals surface area contributed by atoms with Gasteiger partial charge < -0.3 is 10.1 Å². The van der Waals surface area contributed by atoms with Gasteiger partial charge in [-0.25, -0.2) is 9.48 Å². The number of anilines is 1. The largest absolute Gasteiger partial charge is 0.442 e. The highest BCUT2D eigenvalue weighted by Crippen LogP contribution is 2.24. The Hall–Kier alpha value is -4.26. The predicted molar refractivity (Wildman–Crippen MR) is 126 cm³/mol. The second-order valence-corrected chi connectivity index (χ2v) is 7.83. The van der Waals surface area contributed by atoms with Crippen molar-refractivity contribution in [2.45, 2.75) is 20.0 Å². The predicted octanol–water partition coefficient (Wildman–Crippen LogP) is 4.09. The molecule has 1 atom stereocenters. The van der Waals surface area contributed by atoms with Crippen molar-refractivity contribution in [3.05, 3.63) is 106 Å². The first kappa shape index (κ1) is 22.0. The molecular formula is C26H23N3O4. The van der Waals surface area contributed by atoms with Crippen molar-refractivity contribution in [1.82, 2.24) is 9.78 Å². The molecule has 166 valence electrons. The number of hydrogen-bond acceptors (Lipinski definition) is 5. The zero-order chi connectivity index (χ0) is 23.5. The van der Waals surface area contributed by atoms with Crippen LogP contribution in [0.5, 0.6) is 0 Å². The van der Waals surface area contributed by atoms with Gasteiger partial charge >= 0.3 is 5.97 Å². The molecule has 33 heavy (non-hydrogen) atoms. The average molecular weight is 441 g/mol. The van der Waals surface area contributed by atoms with Gasteiger partial charge in [-0.05, 0) is 37.1 Å². The van der Waals surface area contributed by atoms with E-state index in [0.717, 1.165) is 15.8 Å². The number of aryl methyl sites for hydroxylation is 3. The summed E-state index contributed by atoms with van der Waals surface area (Å²) in [6.07, 6.45) is -1.21. The fraction of sp³-hybridized carbons (Fsp3) is 0.154. The van der Waals surface area contributed by atoms with Crippen molar-refractivity contribution >= 4 is 28.3 Å². The number of hydrogen-bond donors (Lipinski definition) is 1. The van der Waals surface area contributed by atoms with E-state index in [-0.39, 0.29) is 11.3 Å². The van der Waals surface area contributed by atoms with Crippen molar-refractivity contribution in [1.29, 1.82) is 0 Å². The third kappa shape index (κ3) is 4.52. The summed E-state index contributed by atoms with van der Waals surface area (Å²) < 4.78 is 6.79. The van der Waals surface area contributed by atoms with Crippen molar-refractivity contribution in [3.63, 3.8) is 0 Å². The molecular weight excluding hydrogens is 418 g/mol. The summed E-state index contributed by atoms with van der Waals surface area (Å²) in [7, 11) is 1.47. The molecule has 4 aromatic rings. The monoisotopic (exact) mass is 441 g/mol. The minimum absolute atomic E-state index is 0.0341. The van der Waals surface area contributed by atoms with E-state index >= 15 is 0 Å². The van der Waals surface area contributed by atoms with Crippen LogP contribution in [-0.4, -0.2) is 21.7 Å². The molecule has 0 bridgehead atoms. The van der Waals surface area contributed by atoms with Crippen molar-refractivity contribution in [2.24, 2.45) is 7.05 Å². The Morgan fingerprint density at radius 2 is 1.61 bits per heavy atom. The summed E-state index contributed by atoms with van der Waals surface area (Å²) in [6, 6.07) is 21.2. The SMILES string of the molecule is Cc1ccc(C)c(NC(=O)C(OC(=O)c2nn(C)c(=O)c3ccccc23)c2ccccc2)c1. The quantitative estimate of drug-likeness (QED) is 0.471. The molecule has 1 N–H and O–H groups in total. The van der Waals surface area contributed by atoms with Crippen LogP contribution >= 0.6 is 0 Å². The number of amides is 1. The van der Waals surface area contributed by atoms with Gasteiger partial charge in [0, 0.05) is 23.7 Å². The van der Waals surface area contributed by atoms with Crippen LogP contribution in [0, 0.1) is 13.8 Å². The van der Waals surface area contributed by atoms with Crippen LogP contribution in [0.1, 0.15) is 33.3 Å². The van der Waals surface area contributed by atoms with Crippen molar-refractivity contribution in [2.75, 3.05) is 5.32 Å². The average Bonchev–Trinajstić information content (AvgIpc) is 2.82. The number of aromatic nitrogens is 2. The number of nitrogens with one attached hydrogen (secondary N) is 1. The summed E-state index contributed by atoms with van der Waals surface area (Å²) in [6.45, 7) is 3.82. The lowest BCUT2D eigenvalue weighted by Gasteiger charge is -2.19. The van der Waals surface area contributed by atoms with E-state index in [4.69, 9.17) is 4.74 Å². The Balaban J connectivity index is 1.71. The molecule has 0 aliphatic rings. The number of carbonyl (C=O) groups is 2. The molecule has 1 heterocycles. The first-order chi connectivity index (χ1) is 15.8. The maximum Gasteiger partial charge on any atom is 0.360 e. The van der Waals surface area contributed by atoms with Gasteiger partial charge in [-0.3, -0.25) is 9.59 Å². The second-order valence-electron chi connectivity index (χ2n) is 7.83. The van der Waals surface area contributed by atoms with E-state index in [9.17, 15) is 14.4 Å². The number of esters is 1. The first-order valence-electron chi connectivity index (χ1n) is 10.5. The molecule has 4 rings (SSSR count). The molecule has 3 aromatic carbocycles. The molecule has 0 fully saturated rings. The van der Waals surface area contributed by atoms with Gasteiger partial charge in [0.15, 0.2) is 5.69 Å². The molecule has 0 saturated carbocycles. The van der Waals surface area contributed by atoms with Crippen LogP contribution in [0.4, 0.5) is 5.69 Å². The molecule has 1 unspecified atom stereocenters. The van der Waals surface area contributed by atoms with Crippen LogP contribution in [0.2, 0.25) is 0 Å². The van der Waals surface area contributed by atoms with E-state index in [1.54, 1.807) is 48.5 Å². The van der Waals surface area contributed by atoms with E-state index in [2.05, 4.69) is 10.4 Å². The van der Waals surface area contributed by atoms with Gasteiger partial charge in [0.25, 0.3) is 11.5 Å². The van der Waals surface area contributed by atoms with E-state index in [1.165, 1.54) is 7.05 Å². The number of rotatable bonds is 5. The number of benzene rings is 3. The van der Waals surface area contributed by atoms with Gasteiger partial charge in [-0.15, -0.1) is 0 Å². The van der Waals surface area contributed by atoms with Gasteiger partial charge in [0.05, 0.1) is 5.39 Å². The number of ether oxygens (including phenoxy) is 1. The van der Waals surface area contributed by atoms with Crippen molar-refractivity contribution < 1.29 is 14.3 Å². The smallest absolute Gasteiger partial charge is 0.360 e. The lowest BCUT2D eigenvalue weighted by molar-refractivity contribution is -0.125. The van der Waals surface area contributed by atoms with E-state index in [0.29, 0.717) is 22.0 Å². The van der Waals surface area contributed by atoms with Crippen LogP contribution in [0.25, 0.3) is 10.8 Å². The number of nitrogens with zero attached hydrogens (tertiary/aromatic N) is 2. The Labute approximate surface area is 190 Å². The molecule has 7 heteroatoms. The molecule has 7 nitrogen and oxygen atoms in total. The summed E-state index contributed by atoms with van der Waals surface area (Å²) in [5.74, 6) is -1.29. The highest BCUT2D eigenvalue weighted by atomic mass is 16.5. The fourth-order valence-electron chi connectivity index (χ4n) is 3.58.